The predicted octanol–water partition coefficient (Wildman–Crippen LogP) is 4.31. The molecule has 0 fully saturated rings. The van der Waals surface area contributed by atoms with E-state index in [1.807, 2.05) is 35.7 Å². The highest BCUT2D eigenvalue weighted by molar-refractivity contribution is 9.10. The number of hydrogen-bond acceptors (Lipinski definition) is 3. The quantitative estimate of drug-likeness (QED) is 0.507. The van der Waals surface area contributed by atoms with Crippen LogP contribution in [0, 0.1) is 6.92 Å². The van der Waals surface area contributed by atoms with E-state index in [-0.39, 0.29) is 5.78 Å². The molecule has 0 amide bonds. The average molecular weight is 371 g/mol. The number of allylic oxidation sites excluding steroid dienone is 1. The molecule has 0 radical (unpaired) electrons. The van der Waals surface area contributed by atoms with Gasteiger partial charge in [0, 0.05) is 11.8 Å². The lowest BCUT2D eigenvalue weighted by atomic mass is 10.1. The van der Waals surface area contributed by atoms with Crippen LogP contribution in [0.4, 0.5) is 0 Å². The van der Waals surface area contributed by atoms with Crippen molar-refractivity contribution in [1.29, 1.82) is 0 Å². The molecule has 5 heteroatoms. The van der Waals surface area contributed by atoms with E-state index < -0.39 is 0 Å². The van der Waals surface area contributed by atoms with Gasteiger partial charge >= 0.3 is 0 Å². The second-order valence-electron chi connectivity index (χ2n) is 5.05. The minimum atomic E-state index is -0.0805. The Bertz CT molecular complexity index is 913. The van der Waals surface area contributed by atoms with Gasteiger partial charge < -0.3 is 9.14 Å². The monoisotopic (exact) mass is 370 g/mol. The van der Waals surface area contributed by atoms with Crippen molar-refractivity contribution in [1.82, 2.24) is 9.38 Å². The second kappa shape index (κ2) is 6.38. The van der Waals surface area contributed by atoms with Crippen LogP contribution in [0.2, 0.25) is 0 Å². The summed E-state index contributed by atoms with van der Waals surface area (Å²) in [6.07, 6.45) is 5.25. The third-order valence-electron chi connectivity index (χ3n) is 3.58. The van der Waals surface area contributed by atoms with Crippen molar-refractivity contribution in [3.05, 3.63) is 70.2 Å². The first-order valence-corrected chi connectivity index (χ1v) is 7.89. The van der Waals surface area contributed by atoms with Gasteiger partial charge in [0.2, 0.25) is 0 Å². The summed E-state index contributed by atoms with van der Waals surface area (Å²) in [6, 6.07) is 11.1. The van der Waals surface area contributed by atoms with Gasteiger partial charge in [-0.2, -0.15) is 0 Å². The van der Waals surface area contributed by atoms with Gasteiger partial charge in [0.1, 0.15) is 11.6 Å². The minimum absolute atomic E-state index is 0.0805. The van der Waals surface area contributed by atoms with Crippen molar-refractivity contribution in [2.24, 2.45) is 0 Å². The predicted molar refractivity (Wildman–Crippen MR) is 94.0 cm³/mol. The Labute approximate surface area is 142 Å². The van der Waals surface area contributed by atoms with Crippen LogP contribution in [0.15, 0.2) is 53.1 Å². The number of rotatable bonds is 4. The lowest BCUT2D eigenvalue weighted by molar-refractivity contribution is 0.104. The summed E-state index contributed by atoms with van der Waals surface area (Å²) < 4.78 is 7.92. The summed E-state index contributed by atoms with van der Waals surface area (Å²) in [4.78, 5) is 16.8. The lowest BCUT2D eigenvalue weighted by Crippen LogP contribution is -1.95. The number of ether oxygens (including phenoxy) is 1. The Hall–Kier alpha value is -2.40. The molecule has 3 aromatic rings. The molecule has 2 aromatic heterocycles. The van der Waals surface area contributed by atoms with E-state index in [0.717, 1.165) is 21.5 Å². The van der Waals surface area contributed by atoms with Crippen molar-refractivity contribution in [2.75, 3.05) is 7.11 Å². The van der Waals surface area contributed by atoms with Gasteiger partial charge in [-0.25, -0.2) is 4.98 Å². The molecule has 23 heavy (non-hydrogen) atoms. The maximum absolute atomic E-state index is 12.3. The van der Waals surface area contributed by atoms with Crippen LogP contribution in [0.25, 0.3) is 11.6 Å². The largest absolute Gasteiger partial charge is 0.496 e. The fraction of sp³-hybridized carbons (Fsp3) is 0.111. The zero-order chi connectivity index (χ0) is 16.4. The third-order valence-corrected chi connectivity index (χ3v) is 4.20. The zero-order valence-corrected chi connectivity index (χ0v) is 14.4. The smallest absolute Gasteiger partial charge is 0.185 e. The highest BCUT2D eigenvalue weighted by atomic mass is 79.9. The Morgan fingerprint density at radius 1 is 1.30 bits per heavy atom. The average Bonchev–Trinajstić information content (AvgIpc) is 2.89. The summed E-state index contributed by atoms with van der Waals surface area (Å²) >= 11 is 3.39. The molecule has 0 aliphatic carbocycles. The fourth-order valence-electron chi connectivity index (χ4n) is 2.41. The number of benzene rings is 1. The van der Waals surface area contributed by atoms with Gasteiger partial charge in [0.25, 0.3) is 0 Å². The molecule has 0 N–H and O–H groups in total. The molecular weight excluding hydrogens is 356 g/mol. The van der Waals surface area contributed by atoms with Crippen molar-refractivity contribution in [2.45, 2.75) is 6.92 Å². The number of methoxy groups -OCH3 is 1. The highest BCUT2D eigenvalue weighted by Crippen LogP contribution is 2.26. The first kappa shape index (κ1) is 15.5. The summed E-state index contributed by atoms with van der Waals surface area (Å²) in [6.45, 7) is 1.94. The molecule has 0 bridgehead atoms. The van der Waals surface area contributed by atoms with Gasteiger partial charge in [0.15, 0.2) is 5.78 Å². The number of aryl methyl sites for hydroxylation is 1. The fourth-order valence-corrected chi connectivity index (χ4v) is 2.95. The Morgan fingerprint density at radius 3 is 2.87 bits per heavy atom. The number of ketones is 1. The van der Waals surface area contributed by atoms with Crippen LogP contribution in [0.1, 0.15) is 21.9 Å². The van der Waals surface area contributed by atoms with Crippen LogP contribution >= 0.6 is 15.9 Å². The zero-order valence-electron chi connectivity index (χ0n) is 12.8. The van der Waals surface area contributed by atoms with Crippen LogP contribution in [-0.4, -0.2) is 22.3 Å². The van der Waals surface area contributed by atoms with E-state index in [9.17, 15) is 4.79 Å². The highest BCUT2D eigenvalue weighted by Gasteiger charge is 2.08. The Kier molecular flexibility index (Phi) is 4.30. The molecule has 2 heterocycles. The minimum Gasteiger partial charge on any atom is -0.496 e. The molecule has 0 saturated carbocycles. The maximum atomic E-state index is 12.3. The van der Waals surface area contributed by atoms with Gasteiger partial charge in [0.05, 0.1) is 22.8 Å². The molecule has 1 aromatic carbocycles. The molecular formula is C18H15BrN2O2. The van der Waals surface area contributed by atoms with Crippen LogP contribution in [0.3, 0.4) is 0 Å². The molecule has 0 saturated heterocycles. The first-order chi connectivity index (χ1) is 11.1. The number of fused-ring (bicyclic) bond motifs is 1. The summed E-state index contributed by atoms with van der Waals surface area (Å²) in [5, 5.41) is 0. The van der Waals surface area contributed by atoms with Gasteiger partial charge in [-0.3, -0.25) is 4.79 Å². The number of aromatic nitrogens is 2. The van der Waals surface area contributed by atoms with Gasteiger partial charge in [-0.05, 0) is 65.3 Å². The van der Waals surface area contributed by atoms with Crippen LogP contribution in [-0.2, 0) is 0 Å². The summed E-state index contributed by atoms with van der Waals surface area (Å²) in [7, 11) is 1.59. The van der Waals surface area contributed by atoms with E-state index >= 15 is 0 Å². The van der Waals surface area contributed by atoms with E-state index in [0.29, 0.717) is 11.3 Å². The number of carbonyl (C=O) groups is 1. The van der Waals surface area contributed by atoms with E-state index in [2.05, 4.69) is 20.9 Å². The Balaban J connectivity index is 1.89. The van der Waals surface area contributed by atoms with E-state index in [1.165, 1.54) is 0 Å². The molecule has 4 nitrogen and oxygen atoms in total. The second-order valence-corrected chi connectivity index (χ2v) is 5.90. The molecule has 0 spiro atoms. The number of imidazole rings is 1. The molecule has 0 unspecified atom stereocenters. The Morgan fingerprint density at radius 2 is 2.13 bits per heavy atom. The molecule has 0 aliphatic rings. The first-order valence-electron chi connectivity index (χ1n) is 7.10. The standard InChI is InChI=1S/C18H15BrN2O2/c1-12-20-15(16-5-3-4-10-21(12)16)7-8-17(22)13-6-9-18(23-2)14(19)11-13/h3-11H,1-2H3/b8-7+. The normalized spacial score (nSPS) is 11.3. The molecule has 0 aliphatic heterocycles. The lowest BCUT2D eigenvalue weighted by Gasteiger charge is -2.03. The number of pyridine rings is 1. The van der Waals surface area contributed by atoms with Crippen molar-refractivity contribution >= 4 is 33.3 Å². The topological polar surface area (TPSA) is 43.6 Å². The van der Waals surface area contributed by atoms with E-state index in [1.54, 1.807) is 37.5 Å². The summed E-state index contributed by atoms with van der Waals surface area (Å²) in [5.74, 6) is 1.50. The molecule has 3 rings (SSSR count). The molecule has 0 atom stereocenters. The maximum Gasteiger partial charge on any atom is 0.185 e. The van der Waals surface area contributed by atoms with Crippen LogP contribution < -0.4 is 4.74 Å². The SMILES string of the molecule is COc1ccc(C(=O)/C=C/c2nc(C)n3ccccc23)cc1Br. The van der Waals surface area contributed by atoms with Crippen molar-refractivity contribution in [3.8, 4) is 5.75 Å². The number of halogens is 1. The number of nitrogens with zero attached hydrogens (tertiary/aromatic N) is 2. The third kappa shape index (κ3) is 3.05. The van der Waals surface area contributed by atoms with Crippen LogP contribution in [0.5, 0.6) is 5.75 Å². The number of carbonyl (C=O) groups excluding carboxylic acids is 1. The van der Waals surface area contributed by atoms with Crippen molar-refractivity contribution < 1.29 is 9.53 Å². The van der Waals surface area contributed by atoms with Crippen molar-refractivity contribution in [3.63, 3.8) is 0 Å². The van der Waals surface area contributed by atoms with Gasteiger partial charge in [-0.1, -0.05) is 6.07 Å². The van der Waals surface area contributed by atoms with Gasteiger partial charge in [-0.15, -0.1) is 0 Å². The van der Waals surface area contributed by atoms with E-state index in [4.69, 9.17) is 4.74 Å². The summed E-state index contributed by atoms with van der Waals surface area (Å²) in [5.41, 5.74) is 2.35. The molecule has 116 valence electrons. The number of hydrogen-bond donors (Lipinski definition) is 0.